The normalized spacial score (nSPS) is 20.9. The molecule has 2 aromatic rings. The molecular weight excluding hydrogens is 345 g/mol. The van der Waals surface area contributed by atoms with Crippen LogP contribution < -0.4 is 0 Å². The highest BCUT2D eigenvalue weighted by atomic mass is 19.1. The molecule has 0 aromatic heterocycles. The van der Waals surface area contributed by atoms with Gasteiger partial charge in [-0.2, -0.15) is 0 Å². The zero-order valence-electron chi connectivity index (χ0n) is 15.0. The Labute approximate surface area is 157 Å². The molecule has 0 bridgehead atoms. The van der Waals surface area contributed by atoms with E-state index in [0.29, 0.717) is 19.4 Å². The quantitative estimate of drug-likeness (QED) is 0.897. The van der Waals surface area contributed by atoms with Crippen LogP contribution in [0, 0.1) is 5.82 Å². The van der Waals surface area contributed by atoms with Gasteiger partial charge in [0.1, 0.15) is 5.82 Å². The highest BCUT2D eigenvalue weighted by Gasteiger charge is 2.46. The molecule has 4 rings (SSSR count). The molecule has 27 heavy (non-hydrogen) atoms. The lowest BCUT2D eigenvalue weighted by Gasteiger charge is -2.39. The molecule has 1 saturated carbocycles. The van der Waals surface area contributed by atoms with Crippen molar-refractivity contribution in [1.29, 1.82) is 0 Å². The monoisotopic (exact) mass is 367 g/mol. The molecule has 1 atom stereocenters. The maximum Gasteiger partial charge on any atom is 0.312 e. The third-order valence-electron chi connectivity index (χ3n) is 6.04. The van der Waals surface area contributed by atoms with Gasteiger partial charge in [-0.15, -0.1) is 0 Å². The van der Waals surface area contributed by atoms with E-state index in [4.69, 9.17) is 0 Å². The van der Waals surface area contributed by atoms with Gasteiger partial charge in [0.15, 0.2) is 0 Å². The van der Waals surface area contributed by atoms with E-state index in [1.165, 1.54) is 12.1 Å². The van der Waals surface area contributed by atoms with Gasteiger partial charge in [-0.3, -0.25) is 9.59 Å². The molecule has 2 aliphatic rings. The summed E-state index contributed by atoms with van der Waals surface area (Å²) in [4.78, 5) is 27.1. The van der Waals surface area contributed by atoms with Crippen LogP contribution in [0.4, 0.5) is 4.39 Å². The fraction of sp³-hybridized carbons (Fsp3) is 0.364. The molecule has 1 aliphatic heterocycles. The summed E-state index contributed by atoms with van der Waals surface area (Å²) in [6, 6.07) is 13.6. The van der Waals surface area contributed by atoms with Crippen LogP contribution in [0.15, 0.2) is 48.5 Å². The van der Waals surface area contributed by atoms with Crippen molar-refractivity contribution in [1.82, 2.24) is 4.90 Å². The van der Waals surface area contributed by atoms with E-state index >= 15 is 0 Å². The predicted molar refractivity (Wildman–Crippen MR) is 98.8 cm³/mol. The zero-order chi connectivity index (χ0) is 19.0. The third-order valence-corrected chi connectivity index (χ3v) is 6.04. The van der Waals surface area contributed by atoms with E-state index in [9.17, 15) is 19.1 Å². The van der Waals surface area contributed by atoms with Crippen LogP contribution in [-0.4, -0.2) is 28.4 Å². The summed E-state index contributed by atoms with van der Waals surface area (Å²) >= 11 is 0. The van der Waals surface area contributed by atoms with Crippen molar-refractivity contribution < 1.29 is 19.1 Å². The van der Waals surface area contributed by atoms with Crippen molar-refractivity contribution >= 4 is 11.9 Å². The number of halogens is 1. The summed E-state index contributed by atoms with van der Waals surface area (Å²) in [7, 11) is 0. The van der Waals surface area contributed by atoms with Crippen LogP contribution >= 0.6 is 0 Å². The van der Waals surface area contributed by atoms with Gasteiger partial charge < -0.3 is 10.0 Å². The number of aliphatic carboxylic acids is 1. The second-order valence-corrected chi connectivity index (χ2v) is 7.57. The van der Waals surface area contributed by atoms with Crippen molar-refractivity contribution in [2.45, 2.75) is 43.6 Å². The molecule has 4 nitrogen and oxygen atoms in total. The number of rotatable bonds is 3. The maximum atomic E-state index is 13.6. The molecule has 5 heteroatoms. The first kappa shape index (κ1) is 17.7. The number of amides is 1. The lowest BCUT2D eigenvalue weighted by molar-refractivity contribution is -0.143. The number of carbonyl (C=O) groups is 2. The summed E-state index contributed by atoms with van der Waals surface area (Å²) in [6.45, 7) is 0.593. The van der Waals surface area contributed by atoms with Crippen molar-refractivity contribution in [3.05, 3.63) is 71.0 Å². The number of carboxylic acids is 1. The average Bonchev–Trinajstić information content (AvgIpc) is 3.18. The van der Waals surface area contributed by atoms with Crippen LogP contribution in [0.1, 0.15) is 48.3 Å². The molecule has 1 N–H and O–H groups in total. The Morgan fingerprint density at radius 1 is 1.04 bits per heavy atom. The molecular formula is C22H22FNO3. The number of fused-ring (bicyclic) bond motifs is 1. The highest BCUT2D eigenvalue weighted by Crippen LogP contribution is 2.44. The first-order valence-corrected chi connectivity index (χ1v) is 9.37. The van der Waals surface area contributed by atoms with Crippen LogP contribution in [0.25, 0.3) is 0 Å². The summed E-state index contributed by atoms with van der Waals surface area (Å²) in [5, 5.41) is 9.68. The molecule has 1 heterocycles. The Bertz CT molecular complexity index is 871. The van der Waals surface area contributed by atoms with Crippen molar-refractivity contribution in [3.8, 4) is 0 Å². The number of hydrogen-bond acceptors (Lipinski definition) is 2. The molecule has 1 amide bonds. The van der Waals surface area contributed by atoms with Gasteiger partial charge in [0, 0.05) is 13.1 Å². The minimum absolute atomic E-state index is 0.0349. The fourth-order valence-corrected chi connectivity index (χ4v) is 4.65. The Morgan fingerprint density at radius 2 is 1.70 bits per heavy atom. The second-order valence-electron chi connectivity index (χ2n) is 7.57. The Morgan fingerprint density at radius 3 is 2.37 bits per heavy atom. The number of benzene rings is 2. The molecule has 0 saturated heterocycles. The van der Waals surface area contributed by atoms with Gasteiger partial charge in [0.2, 0.25) is 5.91 Å². The van der Waals surface area contributed by atoms with Gasteiger partial charge in [-0.1, -0.05) is 49.2 Å². The SMILES string of the molecule is O=C(O)C1CN(C(=O)C2(c3ccc(F)cc3)CCCC2)Cc2ccccc21. The van der Waals surface area contributed by atoms with Crippen LogP contribution in [-0.2, 0) is 21.5 Å². The van der Waals surface area contributed by atoms with Crippen LogP contribution in [0.3, 0.4) is 0 Å². The number of carboxylic acid groups (broad SMARTS) is 1. The van der Waals surface area contributed by atoms with Crippen LogP contribution in [0.5, 0.6) is 0 Å². The third kappa shape index (κ3) is 3.01. The van der Waals surface area contributed by atoms with E-state index < -0.39 is 17.3 Å². The molecule has 1 unspecified atom stereocenters. The molecule has 0 radical (unpaired) electrons. The predicted octanol–water partition coefficient (Wildman–Crippen LogP) is 3.85. The van der Waals surface area contributed by atoms with Gasteiger partial charge in [0.25, 0.3) is 0 Å². The van der Waals surface area contributed by atoms with Gasteiger partial charge >= 0.3 is 5.97 Å². The minimum Gasteiger partial charge on any atom is -0.481 e. The first-order valence-electron chi connectivity index (χ1n) is 9.37. The Kier molecular flexibility index (Phi) is 4.46. The largest absolute Gasteiger partial charge is 0.481 e. The minimum atomic E-state index is -0.915. The lowest BCUT2D eigenvalue weighted by Crippen LogP contribution is -2.49. The molecule has 1 fully saturated rings. The maximum absolute atomic E-state index is 13.6. The first-order chi connectivity index (χ1) is 13.0. The van der Waals surface area contributed by atoms with E-state index in [1.54, 1.807) is 17.0 Å². The van der Waals surface area contributed by atoms with Crippen molar-refractivity contribution in [2.75, 3.05) is 6.54 Å². The number of hydrogen-bond donors (Lipinski definition) is 1. The van der Waals surface area contributed by atoms with Gasteiger partial charge in [-0.05, 0) is 41.7 Å². The second kappa shape index (κ2) is 6.80. The van der Waals surface area contributed by atoms with E-state index in [2.05, 4.69) is 0 Å². The summed E-state index contributed by atoms with van der Waals surface area (Å²) < 4.78 is 13.4. The van der Waals surface area contributed by atoms with Crippen molar-refractivity contribution in [2.24, 2.45) is 0 Å². The summed E-state index contributed by atoms with van der Waals surface area (Å²) in [6.07, 6.45) is 3.31. The summed E-state index contributed by atoms with van der Waals surface area (Å²) in [5.74, 6) is -1.99. The molecule has 0 spiro atoms. The van der Waals surface area contributed by atoms with Crippen molar-refractivity contribution in [3.63, 3.8) is 0 Å². The van der Waals surface area contributed by atoms with Crippen LogP contribution in [0.2, 0.25) is 0 Å². The zero-order valence-corrected chi connectivity index (χ0v) is 15.0. The van der Waals surface area contributed by atoms with Gasteiger partial charge in [-0.25, -0.2) is 4.39 Å². The average molecular weight is 367 g/mol. The highest BCUT2D eigenvalue weighted by molar-refractivity contribution is 5.90. The number of carbonyl (C=O) groups excluding carboxylic acids is 1. The fourth-order valence-electron chi connectivity index (χ4n) is 4.65. The molecule has 1 aliphatic carbocycles. The standard InChI is InChI=1S/C22H22FNO3/c23-17-9-7-16(8-10-17)22(11-3-4-12-22)21(27)24-13-15-5-1-2-6-18(15)19(14-24)20(25)26/h1-2,5-10,19H,3-4,11-14H2,(H,25,26). The van der Waals surface area contributed by atoms with E-state index in [0.717, 1.165) is 29.5 Å². The lowest BCUT2D eigenvalue weighted by atomic mass is 9.76. The smallest absolute Gasteiger partial charge is 0.312 e. The summed E-state index contributed by atoms with van der Waals surface area (Å²) in [5.41, 5.74) is 1.83. The van der Waals surface area contributed by atoms with E-state index in [-0.39, 0.29) is 18.3 Å². The number of nitrogens with zero attached hydrogens (tertiary/aromatic N) is 1. The van der Waals surface area contributed by atoms with Gasteiger partial charge in [0.05, 0.1) is 11.3 Å². The Balaban J connectivity index is 1.70. The molecule has 2 aromatic carbocycles. The Hall–Kier alpha value is -2.69. The van der Waals surface area contributed by atoms with E-state index in [1.807, 2.05) is 24.3 Å². The topological polar surface area (TPSA) is 57.6 Å². The molecule has 140 valence electrons.